The van der Waals surface area contributed by atoms with Crippen LogP contribution in [0.2, 0.25) is 0 Å². The number of rotatable bonds is 5. The van der Waals surface area contributed by atoms with Crippen LogP contribution in [0.4, 0.5) is 0 Å². The molecule has 0 spiro atoms. The van der Waals surface area contributed by atoms with Gasteiger partial charge in [-0.25, -0.2) is 0 Å². The zero-order valence-corrected chi connectivity index (χ0v) is 12.2. The molecule has 0 unspecified atom stereocenters. The van der Waals surface area contributed by atoms with Gasteiger partial charge in [0, 0.05) is 13.1 Å². The highest BCUT2D eigenvalue weighted by Crippen LogP contribution is 2.22. The van der Waals surface area contributed by atoms with Gasteiger partial charge in [-0.2, -0.15) is 0 Å². The number of phenolic OH excluding ortho intramolecular Hbond substituents is 1. The van der Waals surface area contributed by atoms with Crippen LogP contribution in [0, 0.1) is 13.8 Å². The number of phenols is 1. The quantitative estimate of drug-likeness (QED) is 0.876. The molecule has 3 heteroatoms. The van der Waals surface area contributed by atoms with Crippen LogP contribution < -0.4 is 10.1 Å². The van der Waals surface area contributed by atoms with Crippen LogP contribution in [0.3, 0.4) is 0 Å². The van der Waals surface area contributed by atoms with Crippen LogP contribution >= 0.6 is 0 Å². The van der Waals surface area contributed by atoms with Gasteiger partial charge in [-0.05, 0) is 48.2 Å². The van der Waals surface area contributed by atoms with Gasteiger partial charge in [0.05, 0.1) is 7.11 Å². The number of benzene rings is 2. The first-order valence-corrected chi connectivity index (χ1v) is 6.73. The van der Waals surface area contributed by atoms with E-state index in [1.165, 1.54) is 11.1 Å². The van der Waals surface area contributed by atoms with Crippen LogP contribution in [-0.4, -0.2) is 12.2 Å². The van der Waals surface area contributed by atoms with Crippen molar-refractivity contribution in [3.8, 4) is 11.5 Å². The monoisotopic (exact) mass is 271 g/mol. The van der Waals surface area contributed by atoms with E-state index in [0.29, 0.717) is 5.75 Å². The average Bonchev–Trinajstić information content (AvgIpc) is 2.45. The van der Waals surface area contributed by atoms with E-state index in [1.807, 2.05) is 44.2 Å². The fourth-order valence-electron chi connectivity index (χ4n) is 2.28. The molecule has 0 radical (unpaired) electrons. The molecule has 0 saturated carbocycles. The minimum atomic E-state index is 0.390. The van der Waals surface area contributed by atoms with Gasteiger partial charge < -0.3 is 15.2 Å². The second-order valence-corrected chi connectivity index (χ2v) is 5.03. The summed E-state index contributed by atoms with van der Waals surface area (Å²) in [4.78, 5) is 0. The maximum Gasteiger partial charge on any atom is 0.121 e. The number of ether oxygens (including phenoxy) is 1. The van der Waals surface area contributed by atoms with Gasteiger partial charge in [0.15, 0.2) is 0 Å². The third kappa shape index (κ3) is 3.52. The first-order valence-electron chi connectivity index (χ1n) is 6.73. The summed E-state index contributed by atoms with van der Waals surface area (Å²) in [5, 5.41) is 13.2. The molecular formula is C17H21NO2. The maximum atomic E-state index is 9.76. The molecule has 106 valence electrons. The minimum absolute atomic E-state index is 0.390. The molecule has 0 saturated heterocycles. The molecule has 3 nitrogen and oxygen atoms in total. The van der Waals surface area contributed by atoms with Crippen LogP contribution in [-0.2, 0) is 13.1 Å². The molecule has 0 heterocycles. The molecule has 0 fully saturated rings. The molecule has 2 aromatic carbocycles. The van der Waals surface area contributed by atoms with Crippen LogP contribution in [0.15, 0.2) is 36.4 Å². The van der Waals surface area contributed by atoms with Gasteiger partial charge in [0.25, 0.3) is 0 Å². The number of nitrogens with one attached hydrogen (secondary N) is 1. The van der Waals surface area contributed by atoms with Gasteiger partial charge >= 0.3 is 0 Å². The van der Waals surface area contributed by atoms with E-state index in [-0.39, 0.29) is 0 Å². The lowest BCUT2D eigenvalue weighted by molar-refractivity contribution is 0.414. The third-order valence-corrected chi connectivity index (χ3v) is 3.34. The van der Waals surface area contributed by atoms with Crippen molar-refractivity contribution in [3.05, 3.63) is 58.7 Å². The molecule has 2 rings (SSSR count). The highest BCUT2D eigenvalue weighted by molar-refractivity contribution is 5.42. The lowest BCUT2D eigenvalue weighted by atomic mass is 10.1. The van der Waals surface area contributed by atoms with E-state index in [4.69, 9.17) is 4.74 Å². The zero-order valence-electron chi connectivity index (χ0n) is 12.2. The molecule has 0 amide bonds. The van der Waals surface area contributed by atoms with Crippen molar-refractivity contribution in [1.82, 2.24) is 5.32 Å². The zero-order chi connectivity index (χ0) is 14.5. The summed E-state index contributed by atoms with van der Waals surface area (Å²) in [5.41, 5.74) is 4.21. The van der Waals surface area contributed by atoms with Gasteiger partial charge in [-0.3, -0.25) is 0 Å². The summed E-state index contributed by atoms with van der Waals surface area (Å²) in [5.74, 6) is 1.27. The van der Waals surface area contributed by atoms with Crippen molar-refractivity contribution < 1.29 is 9.84 Å². The highest BCUT2D eigenvalue weighted by Gasteiger charge is 2.03. The Balaban J connectivity index is 1.95. The summed E-state index contributed by atoms with van der Waals surface area (Å²) < 4.78 is 5.21. The summed E-state index contributed by atoms with van der Waals surface area (Å²) in [6, 6.07) is 12.1. The van der Waals surface area contributed by atoms with Gasteiger partial charge in [0.1, 0.15) is 11.5 Å². The van der Waals surface area contributed by atoms with Gasteiger partial charge in [0.2, 0.25) is 0 Å². The fraction of sp³-hybridized carbons (Fsp3) is 0.294. The fourth-order valence-corrected chi connectivity index (χ4v) is 2.28. The standard InChI is InChI=1S/C17H21NO2/c1-12-7-15(8-13(2)17(12)19)11-18-10-14-5-4-6-16(9-14)20-3/h4-9,18-19H,10-11H2,1-3H3. The average molecular weight is 271 g/mol. The second kappa shape index (κ2) is 6.44. The summed E-state index contributed by atoms with van der Waals surface area (Å²) in [6.07, 6.45) is 0. The first-order chi connectivity index (χ1) is 9.60. The van der Waals surface area contributed by atoms with E-state index in [2.05, 4.69) is 11.4 Å². The predicted octanol–water partition coefficient (Wildman–Crippen LogP) is 3.31. The molecule has 0 bridgehead atoms. The lowest BCUT2D eigenvalue weighted by Gasteiger charge is -2.10. The van der Waals surface area contributed by atoms with Crippen molar-refractivity contribution in [1.29, 1.82) is 0 Å². The Morgan fingerprint density at radius 3 is 2.30 bits per heavy atom. The number of aryl methyl sites for hydroxylation is 2. The SMILES string of the molecule is COc1cccc(CNCc2cc(C)c(O)c(C)c2)c1. The van der Waals surface area contributed by atoms with E-state index >= 15 is 0 Å². The summed E-state index contributed by atoms with van der Waals surface area (Å²) in [6.45, 7) is 5.41. The van der Waals surface area contributed by atoms with Crippen LogP contribution in [0.5, 0.6) is 11.5 Å². The van der Waals surface area contributed by atoms with Crippen molar-refractivity contribution in [2.24, 2.45) is 0 Å². The number of hydrogen-bond acceptors (Lipinski definition) is 3. The Bertz CT molecular complexity index is 570. The van der Waals surface area contributed by atoms with E-state index < -0.39 is 0 Å². The highest BCUT2D eigenvalue weighted by atomic mass is 16.5. The molecule has 0 aromatic heterocycles. The predicted molar refractivity (Wildman–Crippen MR) is 81.1 cm³/mol. The molecule has 0 atom stereocenters. The molecule has 2 N–H and O–H groups in total. The Morgan fingerprint density at radius 2 is 1.65 bits per heavy atom. The molecule has 20 heavy (non-hydrogen) atoms. The van der Waals surface area contributed by atoms with Crippen LogP contribution in [0.25, 0.3) is 0 Å². The minimum Gasteiger partial charge on any atom is -0.507 e. The molecule has 0 aliphatic rings. The number of hydrogen-bond donors (Lipinski definition) is 2. The maximum absolute atomic E-state index is 9.76. The summed E-state index contributed by atoms with van der Waals surface area (Å²) >= 11 is 0. The smallest absolute Gasteiger partial charge is 0.121 e. The van der Waals surface area contributed by atoms with E-state index in [9.17, 15) is 5.11 Å². The van der Waals surface area contributed by atoms with Crippen molar-refractivity contribution in [2.75, 3.05) is 7.11 Å². The van der Waals surface area contributed by atoms with Gasteiger partial charge in [-0.15, -0.1) is 0 Å². The van der Waals surface area contributed by atoms with Gasteiger partial charge in [-0.1, -0.05) is 24.3 Å². The lowest BCUT2D eigenvalue weighted by Crippen LogP contribution is -2.13. The third-order valence-electron chi connectivity index (χ3n) is 3.34. The van der Waals surface area contributed by atoms with Crippen molar-refractivity contribution in [3.63, 3.8) is 0 Å². The van der Waals surface area contributed by atoms with E-state index in [1.54, 1.807) is 7.11 Å². The molecular weight excluding hydrogens is 250 g/mol. The largest absolute Gasteiger partial charge is 0.507 e. The Morgan fingerprint density at radius 1 is 1.00 bits per heavy atom. The number of aromatic hydroxyl groups is 1. The first kappa shape index (κ1) is 14.4. The number of methoxy groups -OCH3 is 1. The second-order valence-electron chi connectivity index (χ2n) is 5.03. The van der Waals surface area contributed by atoms with Crippen molar-refractivity contribution in [2.45, 2.75) is 26.9 Å². The Labute approximate surface area is 120 Å². The molecule has 0 aliphatic heterocycles. The molecule has 0 aliphatic carbocycles. The Kier molecular flexibility index (Phi) is 4.64. The normalized spacial score (nSPS) is 10.6. The van der Waals surface area contributed by atoms with Crippen molar-refractivity contribution >= 4 is 0 Å². The molecule has 2 aromatic rings. The summed E-state index contributed by atoms with van der Waals surface area (Å²) in [7, 11) is 1.68. The van der Waals surface area contributed by atoms with Crippen LogP contribution in [0.1, 0.15) is 22.3 Å². The Hall–Kier alpha value is -2.00. The topological polar surface area (TPSA) is 41.5 Å². The van der Waals surface area contributed by atoms with E-state index in [0.717, 1.165) is 30.0 Å².